The number of anilines is 2. The molecule has 0 aliphatic rings. The fraction of sp³-hybridized carbons (Fsp3) is 0.0952. The normalized spacial score (nSPS) is 10.2. The summed E-state index contributed by atoms with van der Waals surface area (Å²) in [5, 5.41) is 6.93. The molecule has 0 saturated heterocycles. The van der Waals surface area contributed by atoms with Gasteiger partial charge in [-0.05, 0) is 54.1 Å². The van der Waals surface area contributed by atoms with E-state index in [1.165, 1.54) is 0 Å². The highest BCUT2D eigenvalue weighted by Crippen LogP contribution is 2.19. The average Bonchev–Trinajstić information content (AvgIpc) is 2.68. The van der Waals surface area contributed by atoms with Gasteiger partial charge in [-0.25, -0.2) is 0 Å². The van der Waals surface area contributed by atoms with Crippen LogP contribution in [0.15, 0.2) is 72.8 Å². The number of hydrogen-bond acceptors (Lipinski definition) is 3. The van der Waals surface area contributed by atoms with Gasteiger partial charge in [0.1, 0.15) is 5.75 Å². The molecular formula is C21H19ClN2O2. The van der Waals surface area contributed by atoms with E-state index in [9.17, 15) is 4.79 Å². The van der Waals surface area contributed by atoms with E-state index in [4.69, 9.17) is 16.3 Å². The second-order valence-electron chi connectivity index (χ2n) is 5.71. The number of hydrogen-bond donors (Lipinski definition) is 2. The number of amides is 1. The Bertz CT molecular complexity index is 895. The Labute approximate surface area is 157 Å². The second kappa shape index (κ2) is 8.41. The maximum Gasteiger partial charge on any atom is 0.255 e. The van der Waals surface area contributed by atoms with Crippen LogP contribution in [0, 0.1) is 0 Å². The highest BCUT2D eigenvalue weighted by molar-refractivity contribution is 6.31. The molecule has 1 amide bonds. The Morgan fingerprint density at radius 2 is 1.69 bits per heavy atom. The van der Waals surface area contributed by atoms with Gasteiger partial charge in [-0.15, -0.1) is 0 Å². The summed E-state index contributed by atoms with van der Waals surface area (Å²) in [6, 6.07) is 22.3. The molecule has 0 aromatic heterocycles. The number of methoxy groups -OCH3 is 1. The van der Waals surface area contributed by atoms with E-state index in [1.807, 2.05) is 48.5 Å². The van der Waals surface area contributed by atoms with Crippen molar-refractivity contribution in [2.24, 2.45) is 0 Å². The molecule has 0 saturated carbocycles. The van der Waals surface area contributed by atoms with Crippen LogP contribution in [0.4, 0.5) is 11.4 Å². The minimum absolute atomic E-state index is 0.180. The topological polar surface area (TPSA) is 50.4 Å². The Morgan fingerprint density at radius 1 is 0.962 bits per heavy atom. The number of carbonyl (C=O) groups is 1. The molecule has 0 atom stereocenters. The van der Waals surface area contributed by atoms with Crippen molar-refractivity contribution in [2.75, 3.05) is 17.7 Å². The molecule has 0 aliphatic heterocycles. The van der Waals surface area contributed by atoms with Gasteiger partial charge >= 0.3 is 0 Å². The molecule has 0 aliphatic carbocycles. The Kier molecular flexibility index (Phi) is 5.77. The van der Waals surface area contributed by atoms with Crippen molar-refractivity contribution in [1.82, 2.24) is 0 Å². The molecule has 0 unspecified atom stereocenters. The number of nitrogens with one attached hydrogen (secondary N) is 2. The zero-order valence-electron chi connectivity index (χ0n) is 14.3. The summed E-state index contributed by atoms with van der Waals surface area (Å²) in [5.74, 6) is 0.470. The number of benzene rings is 3. The zero-order chi connectivity index (χ0) is 18.4. The first-order chi connectivity index (χ1) is 12.7. The van der Waals surface area contributed by atoms with Gasteiger partial charge in [0.15, 0.2) is 0 Å². The van der Waals surface area contributed by atoms with E-state index in [2.05, 4.69) is 10.6 Å². The van der Waals surface area contributed by atoms with Gasteiger partial charge in [-0.3, -0.25) is 4.79 Å². The van der Waals surface area contributed by atoms with Gasteiger partial charge in [0, 0.05) is 28.5 Å². The van der Waals surface area contributed by atoms with Crippen LogP contribution in [-0.4, -0.2) is 13.0 Å². The van der Waals surface area contributed by atoms with Crippen LogP contribution >= 0.6 is 11.6 Å². The molecule has 132 valence electrons. The Balaban J connectivity index is 1.60. The van der Waals surface area contributed by atoms with Gasteiger partial charge < -0.3 is 15.4 Å². The van der Waals surface area contributed by atoms with Crippen molar-refractivity contribution >= 4 is 28.9 Å². The summed E-state index contributed by atoms with van der Waals surface area (Å²) in [4.78, 5) is 12.3. The minimum Gasteiger partial charge on any atom is -0.497 e. The van der Waals surface area contributed by atoms with Crippen LogP contribution < -0.4 is 15.4 Å². The molecule has 5 heteroatoms. The Morgan fingerprint density at radius 3 is 2.42 bits per heavy atom. The van der Waals surface area contributed by atoms with Crippen LogP contribution in [0.5, 0.6) is 5.75 Å². The predicted molar refractivity (Wildman–Crippen MR) is 106 cm³/mol. The van der Waals surface area contributed by atoms with Crippen molar-refractivity contribution in [3.05, 3.63) is 88.9 Å². The third kappa shape index (κ3) is 4.55. The predicted octanol–water partition coefficient (Wildman–Crippen LogP) is 5.21. The molecule has 4 nitrogen and oxygen atoms in total. The third-order valence-electron chi connectivity index (χ3n) is 3.92. The quantitative estimate of drug-likeness (QED) is 0.629. The first-order valence-corrected chi connectivity index (χ1v) is 8.56. The molecule has 3 rings (SSSR count). The standard InChI is InChI=1S/C21H19ClN2O2/c1-26-19-7-4-6-15(13-19)21(25)24-18-11-9-17(10-12-18)23-14-16-5-2-3-8-20(16)22/h2-13,23H,14H2,1H3,(H,24,25). The lowest BCUT2D eigenvalue weighted by Crippen LogP contribution is -2.11. The van der Waals surface area contributed by atoms with Gasteiger partial charge in [0.05, 0.1) is 7.11 Å². The lowest BCUT2D eigenvalue weighted by Gasteiger charge is -2.10. The molecule has 0 bridgehead atoms. The zero-order valence-corrected chi connectivity index (χ0v) is 15.1. The summed E-state index contributed by atoms with van der Waals surface area (Å²) in [5.41, 5.74) is 3.25. The largest absolute Gasteiger partial charge is 0.497 e. The van der Waals surface area contributed by atoms with E-state index in [0.29, 0.717) is 17.9 Å². The van der Waals surface area contributed by atoms with Crippen molar-refractivity contribution in [3.8, 4) is 5.75 Å². The van der Waals surface area contributed by atoms with Crippen molar-refractivity contribution < 1.29 is 9.53 Å². The minimum atomic E-state index is -0.180. The summed E-state index contributed by atoms with van der Waals surface area (Å²) in [6.45, 7) is 0.634. The van der Waals surface area contributed by atoms with Crippen LogP contribution in [-0.2, 0) is 6.54 Å². The maximum absolute atomic E-state index is 12.3. The smallest absolute Gasteiger partial charge is 0.255 e. The van der Waals surface area contributed by atoms with Gasteiger partial charge in [0.25, 0.3) is 5.91 Å². The first kappa shape index (κ1) is 17.8. The lowest BCUT2D eigenvalue weighted by atomic mass is 10.2. The van der Waals surface area contributed by atoms with E-state index in [0.717, 1.165) is 22.0 Å². The molecule has 3 aromatic carbocycles. The highest BCUT2D eigenvalue weighted by Gasteiger charge is 2.07. The van der Waals surface area contributed by atoms with Crippen LogP contribution in [0.2, 0.25) is 5.02 Å². The fourth-order valence-electron chi connectivity index (χ4n) is 2.48. The van der Waals surface area contributed by atoms with Gasteiger partial charge in [0.2, 0.25) is 0 Å². The van der Waals surface area contributed by atoms with Gasteiger partial charge in [-0.2, -0.15) is 0 Å². The Hall–Kier alpha value is -2.98. The monoisotopic (exact) mass is 366 g/mol. The molecule has 0 spiro atoms. The van der Waals surface area contributed by atoms with Gasteiger partial charge in [-0.1, -0.05) is 35.9 Å². The number of rotatable bonds is 6. The van der Waals surface area contributed by atoms with Crippen molar-refractivity contribution in [1.29, 1.82) is 0 Å². The second-order valence-corrected chi connectivity index (χ2v) is 6.12. The SMILES string of the molecule is COc1cccc(C(=O)Nc2ccc(NCc3ccccc3Cl)cc2)c1. The third-order valence-corrected chi connectivity index (χ3v) is 4.28. The van der Waals surface area contributed by atoms with E-state index >= 15 is 0 Å². The molecular weight excluding hydrogens is 348 g/mol. The van der Waals surface area contributed by atoms with E-state index in [1.54, 1.807) is 31.4 Å². The molecule has 0 fully saturated rings. The summed E-state index contributed by atoms with van der Waals surface area (Å²) in [6.07, 6.45) is 0. The molecule has 0 radical (unpaired) electrons. The lowest BCUT2D eigenvalue weighted by molar-refractivity contribution is 0.102. The van der Waals surface area contributed by atoms with Crippen molar-refractivity contribution in [2.45, 2.75) is 6.54 Å². The number of ether oxygens (including phenoxy) is 1. The average molecular weight is 367 g/mol. The summed E-state index contributed by atoms with van der Waals surface area (Å²) < 4.78 is 5.15. The van der Waals surface area contributed by atoms with Crippen LogP contribution in [0.3, 0.4) is 0 Å². The number of carbonyl (C=O) groups excluding carboxylic acids is 1. The molecule has 0 heterocycles. The molecule has 3 aromatic rings. The number of halogens is 1. The van der Waals surface area contributed by atoms with Crippen LogP contribution in [0.1, 0.15) is 15.9 Å². The first-order valence-electron chi connectivity index (χ1n) is 8.18. The van der Waals surface area contributed by atoms with E-state index in [-0.39, 0.29) is 5.91 Å². The van der Waals surface area contributed by atoms with Crippen LogP contribution in [0.25, 0.3) is 0 Å². The molecule has 26 heavy (non-hydrogen) atoms. The summed E-state index contributed by atoms with van der Waals surface area (Å²) >= 11 is 6.16. The van der Waals surface area contributed by atoms with E-state index < -0.39 is 0 Å². The maximum atomic E-state index is 12.3. The molecule has 2 N–H and O–H groups in total. The fourth-order valence-corrected chi connectivity index (χ4v) is 2.68. The summed E-state index contributed by atoms with van der Waals surface area (Å²) in [7, 11) is 1.57. The highest BCUT2D eigenvalue weighted by atomic mass is 35.5. The van der Waals surface area contributed by atoms with Crippen molar-refractivity contribution in [3.63, 3.8) is 0 Å².